The molecule has 1 aliphatic rings. The first-order valence-electron chi connectivity index (χ1n) is 8.10. The van der Waals surface area contributed by atoms with E-state index in [0.717, 1.165) is 19.3 Å². The van der Waals surface area contributed by atoms with Crippen molar-refractivity contribution in [1.29, 1.82) is 0 Å². The van der Waals surface area contributed by atoms with E-state index in [-0.39, 0.29) is 18.1 Å². The molecule has 1 N–H and O–H groups in total. The summed E-state index contributed by atoms with van der Waals surface area (Å²) in [7, 11) is -3.18. The van der Waals surface area contributed by atoms with E-state index in [1.165, 1.54) is 0 Å². The first-order chi connectivity index (χ1) is 11.4. The van der Waals surface area contributed by atoms with E-state index in [4.69, 9.17) is 23.2 Å². The molecule has 1 heterocycles. The zero-order chi connectivity index (χ0) is 17.6. The summed E-state index contributed by atoms with van der Waals surface area (Å²) in [4.78, 5) is 11.9. The summed E-state index contributed by atoms with van der Waals surface area (Å²) in [6.45, 7) is 1.25. The molecule has 0 aromatic heterocycles. The topological polar surface area (TPSA) is 66.5 Å². The van der Waals surface area contributed by atoms with Crippen LogP contribution in [-0.4, -0.2) is 37.5 Å². The number of rotatable bonds is 7. The van der Waals surface area contributed by atoms with Gasteiger partial charge in [-0.1, -0.05) is 29.6 Å². The first-order valence-corrected chi connectivity index (χ1v) is 10.5. The van der Waals surface area contributed by atoms with Gasteiger partial charge in [-0.3, -0.25) is 4.79 Å². The number of carbonyl (C=O) groups is 1. The van der Waals surface area contributed by atoms with Crippen LogP contribution in [0.3, 0.4) is 0 Å². The Labute approximate surface area is 153 Å². The van der Waals surface area contributed by atoms with Crippen LogP contribution in [-0.2, 0) is 14.8 Å². The molecule has 0 bridgehead atoms. The van der Waals surface area contributed by atoms with Gasteiger partial charge in [-0.15, -0.1) is 0 Å². The molecule has 0 spiro atoms. The maximum absolute atomic E-state index is 12.2. The molecule has 1 aromatic rings. The molecule has 0 aliphatic carbocycles. The van der Waals surface area contributed by atoms with Crippen LogP contribution in [0.5, 0.6) is 0 Å². The number of carbonyl (C=O) groups excluding carboxylic acids is 1. The Morgan fingerprint density at radius 2 is 1.67 bits per heavy atom. The van der Waals surface area contributed by atoms with E-state index in [0.29, 0.717) is 41.7 Å². The van der Waals surface area contributed by atoms with Crippen LogP contribution < -0.4 is 5.32 Å². The van der Waals surface area contributed by atoms with Crippen LogP contribution in [0.25, 0.3) is 0 Å². The SMILES string of the molecule is O=C(CCCCS(=O)(=O)N1CCCCC1)Nc1cc(Cl)cc(Cl)c1. The average molecular weight is 393 g/mol. The summed E-state index contributed by atoms with van der Waals surface area (Å²) in [6, 6.07) is 4.82. The molecule has 1 aromatic carbocycles. The maximum atomic E-state index is 12.2. The summed E-state index contributed by atoms with van der Waals surface area (Å²) >= 11 is 11.8. The van der Waals surface area contributed by atoms with Gasteiger partial charge < -0.3 is 5.32 Å². The lowest BCUT2D eigenvalue weighted by Crippen LogP contribution is -2.37. The number of unbranched alkanes of at least 4 members (excludes halogenated alkanes) is 1. The van der Waals surface area contributed by atoms with Gasteiger partial charge in [0, 0.05) is 35.2 Å². The molecule has 5 nitrogen and oxygen atoms in total. The molecule has 24 heavy (non-hydrogen) atoms. The van der Waals surface area contributed by atoms with Gasteiger partial charge in [0.2, 0.25) is 15.9 Å². The van der Waals surface area contributed by atoms with Gasteiger partial charge in [-0.25, -0.2) is 12.7 Å². The normalized spacial score (nSPS) is 16.1. The van der Waals surface area contributed by atoms with E-state index < -0.39 is 10.0 Å². The van der Waals surface area contributed by atoms with Crippen molar-refractivity contribution in [3.05, 3.63) is 28.2 Å². The van der Waals surface area contributed by atoms with Crippen molar-refractivity contribution in [2.24, 2.45) is 0 Å². The third-order valence-corrected chi connectivity index (χ3v) is 6.30. The summed E-state index contributed by atoms with van der Waals surface area (Å²) in [5, 5.41) is 3.62. The second-order valence-corrected chi connectivity index (χ2v) is 8.90. The maximum Gasteiger partial charge on any atom is 0.224 e. The van der Waals surface area contributed by atoms with Gasteiger partial charge in [0.25, 0.3) is 0 Å². The minimum absolute atomic E-state index is 0.100. The minimum Gasteiger partial charge on any atom is -0.326 e. The van der Waals surface area contributed by atoms with Crippen LogP contribution in [0.1, 0.15) is 38.5 Å². The highest BCUT2D eigenvalue weighted by Crippen LogP contribution is 2.22. The Morgan fingerprint density at radius 3 is 2.29 bits per heavy atom. The molecule has 1 fully saturated rings. The lowest BCUT2D eigenvalue weighted by molar-refractivity contribution is -0.116. The molecule has 1 aliphatic heterocycles. The van der Waals surface area contributed by atoms with E-state index in [1.807, 2.05) is 0 Å². The Morgan fingerprint density at radius 1 is 1.04 bits per heavy atom. The van der Waals surface area contributed by atoms with Crippen molar-refractivity contribution < 1.29 is 13.2 Å². The zero-order valence-corrected chi connectivity index (χ0v) is 15.8. The van der Waals surface area contributed by atoms with Crippen LogP contribution in [0, 0.1) is 0 Å². The largest absolute Gasteiger partial charge is 0.326 e. The predicted molar refractivity (Wildman–Crippen MR) is 98.2 cm³/mol. The van der Waals surface area contributed by atoms with Crippen molar-refractivity contribution in [2.75, 3.05) is 24.2 Å². The standard InChI is InChI=1S/C16H22Cl2N2O3S/c17-13-10-14(18)12-15(11-13)19-16(21)6-2-5-9-24(22,23)20-7-3-1-4-8-20/h10-12H,1-9H2,(H,19,21). The van der Waals surface area contributed by atoms with Gasteiger partial charge in [0.05, 0.1) is 5.75 Å². The quantitative estimate of drug-likeness (QED) is 0.714. The second-order valence-electron chi connectivity index (χ2n) is 5.94. The number of hydrogen-bond donors (Lipinski definition) is 1. The highest BCUT2D eigenvalue weighted by molar-refractivity contribution is 7.89. The fourth-order valence-electron chi connectivity index (χ4n) is 2.69. The van der Waals surface area contributed by atoms with Crippen LogP contribution >= 0.6 is 23.2 Å². The fraction of sp³-hybridized carbons (Fsp3) is 0.562. The van der Waals surface area contributed by atoms with Gasteiger partial charge in [-0.2, -0.15) is 0 Å². The average Bonchev–Trinajstić information content (AvgIpc) is 2.51. The van der Waals surface area contributed by atoms with Crippen molar-refractivity contribution in [3.63, 3.8) is 0 Å². The Hall–Kier alpha value is -0.820. The number of nitrogens with one attached hydrogen (secondary N) is 1. The monoisotopic (exact) mass is 392 g/mol. The molecule has 0 atom stereocenters. The molecular formula is C16H22Cl2N2O3S. The predicted octanol–water partition coefficient (Wildman–Crippen LogP) is 3.92. The van der Waals surface area contributed by atoms with E-state index in [9.17, 15) is 13.2 Å². The number of hydrogen-bond acceptors (Lipinski definition) is 3. The third kappa shape index (κ3) is 6.24. The van der Waals surface area contributed by atoms with Crippen molar-refractivity contribution >= 4 is 44.8 Å². The van der Waals surface area contributed by atoms with Gasteiger partial charge in [0.1, 0.15) is 0 Å². The highest BCUT2D eigenvalue weighted by atomic mass is 35.5. The highest BCUT2D eigenvalue weighted by Gasteiger charge is 2.23. The van der Waals surface area contributed by atoms with E-state index in [1.54, 1.807) is 22.5 Å². The van der Waals surface area contributed by atoms with Crippen LogP contribution in [0.2, 0.25) is 10.0 Å². The number of amides is 1. The van der Waals surface area contributed by atoms with Crippen molar-refractivity contribution in [3.8, 4) is 0 Å². The number of sulfonamides is 1. The summed E-state index contributed by atoms with van der Waals surface area (Å²) in [5.41, 5.74) is 0.540. The van der Waals surface area contributed by atoms with E-state index >= 15 is 0 Å². The molecule has 8 heteroatoms. The van der Waals surface area contributed by atoms with Crippen LogP contribution in [0.4, 0.5) is 5.69 Å². The molecule has 1 amide bonds. The Kier molecular flexibility index (Phi) is 7.34. The molecule has 0 saturated carbocycles. The molecular weight excluding hydrogens is 371 g/mol. The number of nitrogens with zero attached hydrogens (tertiary/aromatic N) is 1. The lowest BCUT2D eigenvalue weighted by atomic mass is 10.2. The number of halogens is 2. The number of benzene rings is 1. The second kappa shape index (κ2) is 9.04. The summed E-state index contributed by atoms with van der Waals surface area (Å²) < 4.78 is 26.0. The molecule has 134 valence electrons. The van der Waals surface area contributed by atoms with E-state index in [2.05, 4.69) is 5.32 Å². The van der Waals surface area contributed by atoms with Gasteiger partial charge in [0.15, 0.2) is 0 Å². The van der Waals surface area contributed by atoms with Gasteiger partial charge >= 0.3 is 0 Å². The van der Waals surface area contributed by atoms with Crippen molar-refractivity contribution in [2.45, 2.75) is 38.5 Å². The zero-order valence-electron chi connectivity index (χ0n) is 13.4. The smallest absolute Gasteiger partial charge is 0.224 e. The third-order valence-electron chi connectivity index (χ3n) is 3.91. The first kappa shape index (κ1) is 19.5. The summed E-state index contributed by atoms with van der Waals surface area (Å²) in [6.07, 6.45) is 4.22. The fourth-order valence-corrected chi connectivity index (χ4v) is 4.86. The number of anilines is 1. The molecule has 0 unspecified atom stereocenters. The molecule has 2 rings (SSSR count). The lowest BCUT2D eigenvalue weighted by Gasteiger charge is -2.25. The molecule has 0 radical (unpaired) electrons. The van der Waals surface area contributed by atoms with Crippen LogP contribution in [0.15, 0.2) is 18.2 Å². The Bertz CT molecular complexity index is 654. The van der Waals surface area contributed by atoms with Crippen molar-refractivity contribution in [1.82, 2.24) is 4.31 Å². The molecule has 1 saturated heterocycles. The minimum atomic E-state index is -3.18. The van der Waals surface area contributed by atoms with Gasteiger partial charge in [-0.05, 0) is 43.9 Å². The summed E-state index contributed by atoms with van der Waals surface area (Å²) in [5.74, 6) is -0.0767. The Balaban J connectivity index is 1.72. The number of piperidine rings is 1.